The molecule has 1 aliphatic rings. The third-order valence-electron chi connectivity index (χ3n) is 13.1. The average molecular weight is 1150 g/mol. The predicted molar refractivity (Wildman–Crippen MR) is 298 cm³/mol. The van der Waals surface area contributed by atoms with Crippen molar-refractivity contribution in [3.63, 3.8) is 0 Å². The number of primary amides is 2. The van der Waals surface area contributed by atoms with Crippen molar-refractivity contribution in [3.05, 3.63) is 82.5 Å². The molecule has 0 saturated carbocycles. The molecule has 82 heavy (non-hydrogen) atoms. The van der Waals surface area contributed by atoms with Gasteiger partial charge in [-0.15, -0.1) is 11.8 Å². The van der Waals surface area contributed by atoms with Crippen molar-refractivity contribution in [2.75, 3.05) is 56.8 Å². The second kappa shape index (κ2) is 26.4. The number of thioether (sulfide) groups is 1. The number of aryl methyl sites for hydroxylation is 4. The summed E-state index contributed by atoms with van der Waals surface area (Å²) in [5.74, 6) is -5.93. The lowest BCUT2D eigenvalue weighted by Crippen LogP contribution is -2.50. The largest absolute Gasteiger partial charge is 0.494 e. The Morgan fingerprint density at radius 1 is 0.829 bits per heavy atom. The first-order valence-electron chi connectivity index (χ1n) is 25.9. The van der Waals surface area contributed by atoms with Crippen LogP contribution in [0.25, 0.3) is 22.1 Å². The minimum Gasteiger partial charge on any atom is -0.494 e. The van der Waals surface area contributed by atoms with Gasteiger partial charge in [-0.2, -0.15) is 10.2 Å². The second-order valence-electron chi connectivity index (χ2n) is 18.9. The van der Waals surface area contributed by atoms with E-state index >= 15 is 0 Å². The highest BCUT2D eigenvalue weighted by molar-refractivity contribution is 8.00. The number of carboxylic acid groups (broad SMARTS) is 1. The number of rotatable bonds is 28. The standard InChI is InChI=1S/C52H64N16O13S/c1-7-67-35(18-27(3)61-67)46(74)59-51-57-32-20-29(44(54)72)22-37(80-6)42(32)65(51)14-9-10-15-66-43-33(58-52(66)60-47(75)36-19-28(4)62-68(36)8-2)21-30(45(55)73)23-38(43)81-17-11-13-63(5)48(76)34(25-69)56-40(70)12-16-64-41(71)24-39(49(64)77)82-26-31(53)50(78)79/h9-10,18-23,31,34,39,69H,7-8,11-17,24-26,53H2,1-6H3,(H2,54,72)(H2,55,73)(H,56,70)(H,78,79)(H,57,59,74)(H,58,60,75)/b10-9+/t31-,34?,39?/m0/s1. The highest BCUT2D eigenvalue weighted by Gasteiger charge is 2.39. The molecule has 1 saturated heterocycles. The van der Waals surface area contributed by atoms with Crippen LogP contribution in [0.2, 0.25) is 0 Å². The molecule has 7 rings (SSSR count). The van der Waals surface area contributed by atoms with Crippen molar-refractivity contribution < 1.29 is 62.8 Å². The molecule has 2 unspecified atom stereocenters. The predicted octanol–water partition coefficient (Wildman–Crippen LogP) is 0.770. The van der Waals surface area contributed by atoms with E-state index in [1.165, 1.54) is 48.0 Å². The second-order valence-corrected chi connectivity index (χ2v) is 20.2. The number of carboxylic acids is 1. The topological polar surface area (TPSA) is 404 Å². The summed E-state index contributed by atoms with van der Waals surface area (Å²) in [7, 11) is 2.86. The Bertz CT molecular complexity index is 3510. The number of nitrogens with two attached hydrogens (primary N) is 3. The molecule has 6 aromatic rings. The van der Waals surface area contributed by atoms with Crippen LogP contribution in [-0.4, -0.2) is 175 Å². The lowest BCUT2D eigenvalue weighted by atomic mass is 10.1. The Morgan fingerprint density at radius 3 is 1.84 bits per heavy atom. The smallest absolute Gasteiger partial charge is 0.321 e. The van der Waals surface area contributed by atoms with Crippen LogP contribution in [-0.2, 0) is 50.2 Å². The summed E-state index contributed by atoms with van der Waals surface area (Å²) in [6.07, 6.45) is 3.11. The Balaban J connectivity index is 1.11. The van der Waals surface area contributed by atoms with Crippen LogP contribution in [0.15, 0.2) is 48.6 Å². The first kappa shape index (κ1) is 60.5. The molecule has 3 atom stereocenters. The van der Waals surface area contributed by atoms with E-state index in [9.17, 15) is 48.3 Å². The molecular weight excluding hydrogens is 1090 g/mol. The minimum atomic E-state index is -1.39. The van der Waals surface area contributed by atoms with Gasteiger partial charge in [-0.25, -0.2) is 9.97 Å². The number of likely N-dealkylation sites (tertiary alicyclic amines) is 1. The molecular formula is C52H64N16O13S. The van der Waals surface area contributed by atoms with Gasteiger partial charge in [0, 0.05) is 76.0 Å². The quantitative estimate of drug-likeness (QED) is 0.0191. The van der Waals surface area contributed by atoms with Crippen molar-refractivity contribution in [3.8, 4) is 11.5 Å². The fourth-order valence-electron chi connectivity index (χ4n) is 9.02. The Kier molecular flexibility index (Phi) is 19.5. The zero-order valence-corrected chi connectivity index (χ0v) is 46.7. The number of aliphatic hydroxyl groups is 1. The molecule has 11 N–H and O–H groups in total. The molecule has 8 amide bonds. The fourth-order valence-corrected chi connectivity index (χ4v) is 10.1. The highest BCUT2D eigenvalue weighted by atomic mass is 32.2. The van der Waals surface area contributed by atoms with Crippen LogP contribution in [0.5, 0.6) is 11.5 Å². The monoisotopic (exact) mass is 1150 g/mol. The summed E-state index contributed by atoms with van der Waals surface area (Å²) in [6, 6.07) is 6.46. The molecule has 5 heterocycles. The molecule has 0 bridgehead atoms. The van der Waals surface area contributed by atoms with Crippen molar-refractivity contribution >= 4 is 99.0 Å². The number of anilines is 2. The van der Waals surface area contributed by atoms with Gasteiger partial charge in [-0.05, 0) is 70.5 Å². The van der Waals surface area contributed by atoms with Crippen LogP contribution < -0.4 is 42.6 Å². The van der Waals surface area contributed by atoms with E-state index < -0.39 is 77.2 Å². The summed E-state index contributed by atoms with van der Waals surface area (Å²) in [5, 5.41) is 35.3. The van der Waals surface area contributed by atoms with Gasteiger partial charge in [0.2, 0.25) is 47.3 Å². The van der Waals surface area contributed by atoms with Crippen LogP contribution in [0.1, 0.15) is 86.2 Å². The van der Waals surface area contributed by atoms with Gasteiger partial charge in [-0.3, -0.25) is 68.0 Å². The Morgan fingerprint density at radius 2 is 1.35 bits per heavy atom. The molecule has 0 radical (unpaired) electrons. The van der Waals surface area contributed by atoms with Crippen LogP contribution in [0.3, 0.4) is 0 Å². The number of imidazole rings is 2. The summed E-state index contributed by atoms with van der Waals surface area (Å²) < 4.78 is 18.4. The van der Waals surface area contributed by atoms with E-state index in [2.05, 4.69) is 31.1 Å². The number of amides is 8. The molecule has 4 aromatic heterocycles. The maximum Gasteiger partial charge on any atom is 0.321 e. The number of aliphatic hydroxyl groups excluding tert-OH is 1. The first-order valence-corrected chi connectivity index (χ1v) is 26.9. The van der Waals surface area contributed by atoms with Crippen LogP contribution in [0, 0.1) is 13.8 Å². The maximum atomic E-state index is 14.0. The number of carbonyl (C=O) groups excluding carboxylic acids is 8. The van der Waals surface area contributed by atoms with Gasteiger partial charge in [0.15, 0.2) is 0 Å². The number of likely N-dealkylation sites (N-methyl/N-ethyl adjacent to an activating group) is 1. The van der Waals surface area contributed by atoms with E-state index in [-0.39, 0.29) is 109 Å². The van der Waals surface area contributed by atoms with Gasteiger partial charge in [0.05, 0.1) is 48.0 Å². The third kappa shape index (κ3) is 13.7. The summed E-state index contributed by atoms with van der Waals surface area (Å²) in [5.41, 5.74) is 20.2. The number of fused-ring (bicyclic) bond motifs is 2. The maximum absolute atomic E-state index is 14.0. The average Bonchev–Trinajstić information content (AvgIpc) is 4.44. The lowest BCUT2D eigenvalue weighted by molar-refractivity contribution is -0.140. The third-order valence-corrected chi connectivity index (χ3v) is 14.4. The van der Waals surface area contributed by atoms with Gasteiger partial charge in [0.1, 0.15) is 46.0 Å². The Labute approximate surface area is 472 Å². The van der Waals surface area contributed by atoms with Crippen LogP contribution in [0.4, 0.5) is 11.9 Å². The minimum absolute atomic E-state index is 0.0101. The van der Waals surface area contributed by atoms with E-state index in [0.717, 1.165) is 16.7 Å². The van der Waals surface area contributed by atoms with Gasteiger partial charge in [0.25, 0.3) is 11.8 Å². The normalized spacial score (nSPS) is 14.1. The molecule has 1 fully saturated rings. The van der Waals surface area contributed by atoms with E-state index in [1.54, 1.807) is 51.9 Å². The number of nitrogens with one attached hydrogen (secondary N) is 3. The van der Waals surface area contributed by atoms with Gasteiger partial charge >= 0.3 is 5.97 Å². The number of nitrogens with zero attached hydrogens (tertiary/aromatic N) is 10. The van der Waals surface area contributed by atoms with Crippen molar-refractivity contribution in [1.29, 1.82) is 0 Å². The number of allylic oxidation sites excluding steroid dienone is 2. The first-order chi connectivity index (χ1) is 39.1. The van der Waals surface area contributed by atoms with Crippen molar-refractivity contribution in [2.45, 2.75) is 90.5 Å². The number of imide groups is 1. The Hall–Kier alpha value is -9.16. The number of ether oxygens (including phenoxy) is 2. The number of carbonyl (C=O) groups is 9. The van der Waals surface area contributed by atoms with E-state index in [4.69, 9.17) is 36.8 Å². The SMILES string of the molecule is CCn1nc(C)cc1C(=O)Nc1nc2cc(C(N)=O)cc(OC)c2n1C/C=C/Cn1c(NC(=O)c2cc(C)nn2CC)nc2cc(C(N)=O)cc(OCCCN(C)C(=O)C(CO)NC(=O)CCN3C(=O)CC(SC[C@H](N)C(=O)O)C3=O)c21. The summed E-state index contributed by atoms with van der Waals surface area (Å²) in [4.78, 5) is 127. The van der Waals surface area contributed by atoms with E-state index in [0.29, 0.717) is 41.0 Å². The summed E-state index contributed by atoms with van der Waals surface area (Å²) in [6.45, 7) is 6.96. The molecule has 1 aliphatic heterocycles. The lowest BCUT2D eigenvalue weighted by Gasteiger charge is -2.24. The molecule has 436 valence electrons. The molecule has 30 heteroatoms. The number of methoxy groups -OCH3 is 1. The highest BCUT2D eigenvalue weighted by Crippen LogP contribution is 2.34. The fraction of sp³-hybridized carbons (Fsp3) is 0.404. The van der Waals surface area contributed by atoms with Crippen molar-refractivity contribution in [2.24, 2.45) is 17.2 Å². The summed E-state index contributed by atoms with van der Waals surface area (Å²) >= 11 is 0.935. The zero-order chi connectivity index (χ0) is 59.7. The number of aromatic nitrogens is 8. The van der Waals surface area contributed by atoms with Gasteiger partial charge < -0.3 is 56.2 Å². The van der Waals surface area contributed by atoms with Crippen molar-refractivity contribution in [1.82, 2.24) is 53.8 Å². The zero-order valence-electron chi connectivity index (χ0n) is 45.8. The van der Waals surface area contributed by atoms with Crippen LogP contribution >= 0.6 is 11.8 Å². The number of hydrogen-bond acceptors (Lipinski definition) is 18. The molecule has 0 spiro atoms. The molecule has 29 nitrogen and oxygen atoms in total. The molecule has 2 aromatic carbocycles. The number of hydrogen-bond donors (Lipinski definition) is 8. The number of aliphatic carboxylic acids is 1. The molecule has 0 aliphatic carbocycles. The number of benzene rings is 2. The van der Waals surface area contributed by atoms with E-state index in [1.807, 2.05) is 13.8 Å². The van der Waals surface area contributed by atoms with Gasteiger partial charge in [-0.1, -0.05) is 12.2 Å².